The van der Waals surface area contributed by atoms with Crippen LogP contribution in [0.25, 0.3) is 16.6 Å². The maximum Gasteiger partial charge on any atom is 0.256 e. The number of likely N-dealkylation sites (tertiary alicyclic amines) is 2. The van der Waals surface area contributed by atoms with Gasteiger partial charge in [-0.15, -0.1) is 0 Å². The summed E-state index contributed by atoms with van der Waals surface area (Å²) in [5, 5.41) is 1.13. The minimum Gasteiger partial charge on any atom is -0.342 e. The van der Waals surface area contributed by atoms with Gasteiger partial charge in [-0.05, 0) is 81.7 Å². The number of fused-ring (bicyclic) bond motifs is 1. The van der Waals surface area contributed by atoms with Gasteiger partial charge in [0, 0.05) is 57.0 Å². The molecule has 0 aliphatic carbocycles. The van der Waals surface area contributed by atoms with Crippen LogP contribution in [0.1, 0.15) is 54.6 Å². The van der Waals surface area contributed by atoms with Crippen LogP contribution in [0.5, 0.6) is 0 Å². The van der Waals surface area contributed by atoms with Crippen LogP contribution in [0.4, 0.5) is 4.39 Å². The second-order valence-corrected chi connectivity index (χ2v) is 11.3. The van der Waals surface area contributed by atoms with Gasteiger partial charge in [0.05, 0.1) is 29.5 Å². The first-order valence-corrected chi connectivity index (χ1v) is 13.7. The number of hydrogen-bond acceptors (Lipinski definition) is 4. The molecule has 5 rings (SSSR count). The molecule has 0 unspecified atom stereocenters. The molecule has 8 heteroatoms. The molecule has 0 radical (unpaired) electrons. The Balaban J connectivity index is 1.39. The topological polar surface area (TPSA) is 61.7 Å². The molecule has 38 heavy (non-hydrogen) atoms. The maximum atomic E-state index is 14.3. The number of aromatic nitrogens is 2. The lowest BCUT2D eigenvalue weighted by molar-refractivity contribution is -0.134. The van der Waals surface area contributed by atoms with E-state index in [2.05, 4.69) is 23.0 Å². The van der Waals surface area contributed by atoms with Gasteiger partial charge in [-0.1, -0.05) is 0 Å². The van der Waals surface area contributed by atoms with Crippen LogP contribution < -0.4 is 0 Å². The van der Waals surface area contributed by atoms with Gasteiger partial charge in [-0.2, -0.15) is 0 Å². The summed E-state index contributed by atoms with van der Waals surface area (Å²) < 4.78 is 16.3. The number of pyridine rings is 1. The molecular formula is C30H38FN5O2. The average Bonchev–Trinajstić information content (AvgIpc) is 3.26. The molecule has 0 spiro atoms. The average molecular weight is 520 g/mol. The number of rotatable bonds is 7. The zero-order valence-electron chi connectivity index (χ0n) is 22.9. The van der Waals surface area contributed by atoms with E-state index < -0.39 is 5.82 Å². The van der Waals surface area contributed by atoms with Crippen LogP contribution in [-0.2, 0) is 11.2 Å². The molecule has 2 amide bonds. The van der Waals surface area contributed by atoms with E-state index in [-0.39, 0.29) is 17.9 Å². The molecule has 0 saturated carbocycles. The summed E-state index contributed by atoms with van der Waals surface area (Å²) in [6.45, 7) is 10.0. The quantitative estimate of drug-likeness (QED) is 0.463. The van der Waals surface area contributed by atoms with Crippen molar-refractivity contribution in [2.75, 3.05) is 39.8 Å². The zero-order valence-corrected chi connectivity index (χ0v) is 22.9. The third-order valence-electron chi connectivity index (χ3n) is 8.13. The van der Waals surface area contributed by atoms with Gasteiger partial charge in [0.25, 0.3) is 5.91 Å². The standard InChI is InChI=1S/C30H38FN5O2/c1-20(2)33(4)30(38)25-13-24(31)8-9-26(25)36-18-23(29-21(3)14-32-15-27(29)36)12-22-16-34(17-22)19-28(37)35-10-6-5-7-11-35/h8-9,13-15,18,20,22H,5-7,10-12,16-17,19H2,1-4H3. The number of piperidine rings is 1. The Labute approximate surface area is 224 Å². The van der Waals surface area contributed by atoms with Gasteiger partial charge in [-0.3, -0.25) is 19.5 Å². The van der Waals surface area contributed by atoms with E-state index in [0.29, 0.717) is 23.7 Å². The highest BCUT2D eigenvalue weighted by Gasteiger charge is 2.31. The van der Waals surface area contributed by atoms with Crippen LogP contribution >= 0.6 is 0 Å². The van der Waals surface area contributed by atoms with E-state index in [1.54, 1.807) is 18.0 Å². The van der Waals surface area contributed by atoms with Crippen molar-refractivity contribution in [1.29, 1.82) is 0 Å². The van der Waals surface area contributed by atoms with Gasteiger partial charge in [0.2, 0.25) is 5.91 Å². The molecule has 2 aliphatic rings. The molecule has 7 nitrogen and oxygen atoms in total. The minimum absolute atomic E-state index is 0.0112. The van der Waals surface area contributed by atoms with E-state index in [1.807, 2.05) is 35.7 Å². The molecule has 3 aromatic rings. The number of halogens is 1. The number of nitrogens with zero attached hydrogens (tertiary/aromatic N) is 5. The fourth-order valence-corrected chi connectivity index (χ4v) is 5.79. The molecule has 202 valence electrons. The number of aryl methyl sites for hydroxylation is 1. The van der Waals surface area contributed by atoms with Crippen LogP contribution in [0, 0.1) is 18.7 Å². The van der Waals surface area contributed by atoms with E-state index in [1.165, 1.54) is 24.1 Å². The lowest BCUT2D eigenvalue weighted by atomic mass is 9.91. The van der Waals surface area contributed by atoms with Crippen molar-refractivity contribution >= 4 is 22.7 Å². The fraction of sp³-hybridized carbons (Fsp3) is 0.500. The summed E-state index contributed by atoms with van der Waals surface area (Å²) >= 11 is 0. The van der Waals surface area contributed by atoms with E-state index in [0.717, 1.165) is 61.9 Å². The number of carbonyl (C=O) groups excluding carboxylic acids is 2. The van der Waals surface area contributed by atoms with E-state index in [4.69, 9.17) is 0 Å². The number of benzene rings is 1. The van der Waals surface area contributed by atoms with Gasteiger partial charge in [0.15, 0.2) is 0 Å². The highest BCUT2D eigenvalue weighted by atomic mass is 19.1. The van der Waals surface area contributed by atoms with E-state index >= 15 is 0 Å². The summed E-state index contributed by atoms with van der Waals surface area (Å²) in [6.07, 6.45) is 10.1. The monoisotopic (exact) mass is 519 g/mol. The number of amides is 2. The van der Waals surface area contributed by atoms with Gasteiger partial charge >= 0.3 is 0 Å². The molecule has 2 aliphatic heterocycles. The smallest absolute Gasteiger partial charge is 0.256 e. The Morgan fingerprint density at radius 2 is 1.87 bits per heavy atom. The van der Waals surface area contributed by atoms with Crippen molar-refractivity contribution in [1.82, 2.24) is 24.3 Å². The van der Waals surface area contributed by atoms with Crippen LogP contribution in [0.2, 0.25) is 0 Å². The maximum absolute atomic E-state index is 14.3. The first-order chi connectivity index (χ1) is 18.2. The Morgan fingerprint density at radius 3 is 2.58 bits per heavy atom. The molecule has 2 saturated heterocycles. The molecule has 2 fully saturated rings. The van der Waals surface area contributed by atoms with Crippen molar-refractivity contribution in [3.8, 4) is 5.69 Å². The molecule has 0 bridgehead atoms. The van der Waals surface area contributed by atoms with Crippen LogP contribution in [-0.4, -0.2) is 81.9 Å². The predicted molar refractivity (Wildman–Crippen MR) is 147 cm³/mol. The molecule has 2 aromatic heterocycles. The molecule has 0 N–H and O–H groups in total. The summed E-state index contributed by atoms with van der Waals surface area (Å²) in [5.74, 6) is 0.0548. The number of hydrogen-bond donors (Lipinski definition) is 0. The van der Waals surface area contributed by atoms with Crippen molar-refractivity contribution in [2.24, 2.45) is 5.92 Å². The van der Waals surface area contributed by atoms with Crippen molar-refractivity contribution < 1.29 is 14.0 Å². The third-order valence-corrected chi connectivity index (χ3v) is 8.13. The van der Waals surface area contributed by atoms with Crippen molar-refractivity contribution in [2.45, 2.75) is 52.5 Å². The summed E-state index contributed by atoms with van der Waals surface area (Å²) in [4.78, 5) is 36.3. The largest absolute Gasteiger partial charge is 0.342 e. The lowest BCUT2D eigenvalue weighted by Crippen LogP contribution is -2.52. The summed E-state index contributed by atoms with van der Waals surface area (Å²) in [7, 11) is 1.74. The predicted octanol–water partition coefficient (Wildman–Crippen LogP) is 4.44. The molecule has 1 aromatic carbocycles. The molecule has 4 heterocycles. The summed E-state index contributed by atoms with van der Waals surface area (Å²) in [6, 6.07) is 4.40. The Hall–Kier alpha value is -3.26. The van der Waals surface area contributed by atoms with Crippen LogP contribution in [0.3, 0.4) is 0 Å². The second-order valence-electron chi connectivity index (χ2n) is 11.3. The second kappa shape index (κ2) is 10.8. The highest BCUT2D eigenvalue weighted by molar-refractivity contribution is 5.99. The molecule has 0 atom stereocenters. The van der Waals surface area contributed by atoms with Crippen molar-refractivity contribution in [3.05, 3.63) is 59.3 Å². The SMILES string of the molecule is Cc1cncc2c1c(CC1CN(CC(=O)N3CCCCC3)C1)cn2-c1ccc(F)cc1C(=O)N(C)C(C)C. The first-order valence-electron chi connectivity index (χ1n) is 13.7. The molecular weight excluding hydrogens is 481 g/mol. The van der Waals surface area contributed by atoms with Crippen LogP contribution in [0.15, 0.2) is 36.8 Å². The fourth-order valence-electron chi connectivity index (χ4n) is 5.79. The zero-order chi connectivity index (χ0) is 27.0. The Kier molecular flexibility index (Phi) is 7.52. The van der Waals surface area contributed by atoms with E-state index in [9.17, 15) is 14.0 Å². The Morgan fingerprint density at radius 1 is 1.13 bits per heavy atom. The highest BCUT2D eigenvalue weighted by Crippen LogP contribution is 2.32. The first kappa shape index (κ1) is 26.4. The number of carbonyl (C=O) groups is 2. The minimum atomic E-state index is -0.436. The normalized spacial score (nSPS) is 16.7. The van der Waals surface area contributed by atoms with Crippen molar-refractivity contribution in [3.63, 3.8) is 0 Å². The van der Waals surface area contributed by atoms with Gasteiger partial charge < -0.3 is 14.4 Å². The summed E-state index contributed by atoms with van der Waals surface area (Å²) in [5.41, 5.74) is 4.14. The third kappa shape index (κ3) is 5.19. The Bertz CT molecular complexity index is 1340. The van der Waals surface area contributed by atoms with Gasteiger partial charge in [-0.25, -0.2) is 4.39 Å². The lowest BCUT2D eigenvalue weighted by Gasteiger charge is -2.40. The van der Waals surface area contributed by atoms with Gasteiger partial charge in [0.1, 0.15) is 5.82 Å².